The fourth-order valence-electron chi connectivity index (χ4n) is 2.90. The lowest BCUT2D eigenvalue weighted by molar-refractivity contribution is 0.101. The van der Waals surface area contributed by atoms with Gasteiger partial charge in [0.25, 0.3) is 5.91 Å². The molecule has 0 aliphatic heterocycles. The van der Waals surface area contributed by atoms with Crippen LogP contribution in [0.3, 0.4) is 0 Å². The molecule has 2 aromatic heterocycles. The van der Waals surface area contributed by atoms with Crippen LogP contribution in [0.15, 0.2) is 70.5 Å². The molecule has 0 aliphatic rings. The zero-order valence-electron chi connectivity index (χ0n) is 13.6. The molecular formula is C20H14BrFN2OS. The van der Waals surface area contributed by atoms with Gasteiger partial charge in [-0.05, 0) is 63.3 Å². The van der Waals surface area contributed by atoms with Crippen LogP contribution >= 0.6 is 27.3 Å². The van der Waals surface area contributed by atoms with Gasteiger partial charge in [-0.15, -0.1) is 11.3 Å². The van der Waals surface area contributed by atoms with Gasteiger partial charge < -0.3 is 9.88 Å². The predicted molar refractivity (Wildman–Crippen MR) is 107 cm³/mol. The fourth-order valence-corrected chi connectivity index (χ4v) is 4.11. The molecule has 0 radical (unpaired) electrons. The molecular weight excluding hydrogens is 415 g/mol. The molecule has 0 fully saturated rings. The van der Waals surface area contributed by atoms with Crippen molar-refractivity contribution in [2.45, 2.75) is 6.54 Å². The minimum Gasteiger partial charge on any atom is -0.331 e. The molecule has 6 heteroatoms. The molecule has 4 rings (SSSR count). The summed E-state index contributed by atoms with van der Waals surface area (Å²) in [5, 5.41) is 4.93. The molecule has 0 aliphatic carbocycles. The molecule has 1 amide bonds. The lowest BCUT2D eigenvalue weighted by Gasteiger charge is -2.12. The Hall–Kier alpha value is -2.44. The first-order valence-electron chi connectivity index (χ1n) is 7.99. The number of halogens is 2. The van der Waals surface area contributed by atoms with Crippen molar-refractivity contribution in [2.24, 2.45) is 0 Å². The first-order chi connectivity index (χ1) is 12.6. The van der Waals surface area contributed by atoms with Crippen LogP contribution in [0.25, 0.3) is 10.2 Å². The Morgan fingerprint density at radius 2 is 1.96 bits per heavy atom. The highest BCUT2D eigenvalue weighted by Crippen LogP contribution is 2.28. The van der Waals surface area contributed by atoms with E-state index in [2.05, 4.69) is 21.2 Å². The molecule has 0 atom stereocenters. The number of amides is 1. The van der Waals surface area contributed by atoms with E-state index in [9.17, 15) is 9.18 Å². The summed E-state index contributed by atoms with van der Waals surface area (Å²) in [4.78, 5) is 12.9. The maximum absolute atomic E-state index is 13.5. The highest BCUT2D eigenvalue weighted by Gasteiger charge is 2.17. The molecule has 1 N–H and O–H groups in total. The lowest BCUT2D eigenvalue weighted by Crippen LogP contribution is -2.17. The van der Waals surface area contributed by atoms with Crippen molar-refractivity contribution in [3.8, 4) is 0 Å². The van der Waals surface area contributed by atoms with Crippen molar-refractivity contribution in [3.63, 3.8) is 0 Å². The van der Waals surface area contributed by atoms with E-state index in [0.29, 0.717) is 17.9 Å². The van der Waals surface area contributed by atoms with E-state index < -0.39 is 0 Å². The van der Waals surface area contributed by atoms with Crippen molar-refractivity contribution in [2.75, 3.05) is 5.32 Å². The number of carbonyl (C=O) groups is 1. The second-order valence-electron chi connectivity index (χ2n) is 5.85. The van der Waals surface area contributed by atoms with Gasteiger partial charge in [-0.1, -0.05) is 24.3 Å². The minimum absolute atomic E-state index is 0.197. The summed E-state index contributed by atoms with van der Waals surface area (Å²) in [6, 6.07) is 17.8. The second-order valence-corrected chi connectivity index (χ2v) is 7.65. The number of carbonyl (C=O) groups excluding carboxylic acids is 1. The monoisotopic (exact) mass is 428 g/mol. The number of fused-ring (bicyclic) bond motifs is 1. The summed E-state index contributed by atoms with van der Waals surface area (Å²) in [5.74, 6) is -0.480. The quantitative estimate of drug-likeness (QED) is 0.430. The van der Waals surface area contributed by atoms with Crippen molar-refractivity contribution >= 4 is 49.1 Å². The third kappa shape index (κ3) is 3.30. The molecule has 0 saturated heterocycles. The summed E-state index contributed by atoms with van der Waals surface area (Å²) in [7, 11) is 0. The van der Waals surface area contributed by atoms with Gasteiger partial charge in [0.15, 0.2) is 0 Å². The highest BCUT2D eigenvalue weighted by molar-refractivity contribution is 9.10. The van der Waals surface area contributed by atoms with Crippen LogP contribution in [-0.2, 0) is 6.54 Å². The minimum atomic E-state index is -0.282. The highest BCUT2D eigenvalue weighted by atomic mass is 79.9. The Labute approximate surface area is 162 Å². The van der Waals surface area contributed by atoms with Gasteiger partial charge in [0.05, 0.1) is 15.9 Å². The molecule has 0 saturated carbocycles. The third-order valence-electron chi connectivity index (χ3n) is 4.11. The van der Waals surface area contributed by atoms with Gasteiger partial charge in [0.1, 0.15) is 11.5 Å². The van der Waals surface area contributed by atoms with Crippen LogP contribution in [0, 0.1) is 5.82 Å². The Morgan fingerprint density at radius 3 is 2.77 bits per heavy atom. The summed E-state index contributed by atoms with van der Waals surface area (Å²) in [6.07, 6.45) is 0. The molecule has 0 unspecified atom stereocenters. The number of hydrogen-bond acceptors (Lipinski definition) is 2. The van der Waals surface area contributed by atoms with E-state index in [1.807, 2.05) is 52.4 Å². The number of thiophene rings is 1. The molecule has 0 bridgehead atoms. The van der Waals surface area contributed by atoms with E-state index >= 15 is 0 Å². The third-order valence-corrected chi connectivity index (χ3v) is 5.65. The van der Waals surface area contributed by atoms with Crippen LogP contribution in [0.4, 0.5) is 10.1 Å². The summed E-state index contributed by atoms with van der Waals surface area (Å²) in [6.45, 7) is 0.427. The summed E-state index contributed by atoms with van der Waals surface area (Å²) < 4.78 is 17.3. The Balaban J connectivity index is 1.72. The molecule has 2 aromatic carbocycles. The van der Waals surface area contributed by atoms with E-state index in [4.69, 9.17) is 0 Å². The van der Waals surface area contributed by atoms with Crippen molar-refractivity contribution in [3.05, 3.63) is 87.6 Å². The number of hydrogen-bond donors (Lipinski definition) is 1. The van der Waals surface area contributed by atoms with Gasteiger partial charge in [-0.25, -0.2) is 4.39 Å². The number of nitrogens with zero attached hydrogens (tertiary/aromatic N) is 1. The Bertz CT molecular complexity index is 1100. The average molecular weight is 429 g/mol. The van der Waals surface area contributed by atoms with Crippen LogP contribution in [-0.4, -0.2) is 10.5 Å². The average Bonchev–Trinajstić information content (AvgIpc) is 3.20. The molecule has 4 aromatic rings. The first kappa shape index (κ1) is 17.0. The van der Waals surface area contributed by atoms with Crippen LogP contribution < -0.4 is 5.32 Å². The molecule has 26 heavy (non-hydrogen) atoms. The van der Waals surface area contributed by atoms with Gasteiger partial charge in [-0.2, -0.15) is 0 Å². The maximum Gasteiger partial charge on any atom is 0.272 e. The summed E-state index contributed by atoms with van der Waals surface area (Å²) >= 11 is 5.02. The normalized spacial score (nSPS) is 11.0. The number of nitrogens with one attached hydrogen (secondary N) is 1. The largest absolute Gasteiger partial charge is 0.331 e. The van der Waals surface area contributed by atoms with Gasteiger partial charge in [0.2, 0.25) is 0 Å². The van der Waals surface area contributed by atoms with Crippen LogP contribution in [0.1, 0.15) is 16.1 Å². The Morgan fingerprint density at radius 1 is 1.12 bits per heavy atom. The SMILES string of the molecule is O=C(Nc1ccccc1Br)c1cc2sccc2n1Cc1cccc(F)c1. The fraction of sp³-hybridized carbons (Fsp3) is 0.0500. The predicted octanol–water partition coefficient (Wildman–Crippen LogP) is 5.91. The molecule has 3 nitrogen and oxygen atoms in total. The lowest BCUT2D eigenvalue weighted by atomic mass is 10.2. The van der Waals surface area contributed by atoms with Crippen LogP contribution in [0.5, 0.6) is 0 Å². The van der Waals surface area contributed by atoms with Crippen molar-refractivity contribution in [1.29, 1.82) is 0 Å². The number of para-hydroxylation sites is 1. The number of anilines is 1. The summed E-state index contributed by atoms with van der Waals surface area (Å²) in [5.41, 5.74) is 3.03. The molecule has 0 spiro atoms. The maximum atomic E-state index is 13.5. The smallest absolute Gasteiger partial charge is 0.272 e. The topological polar surface area (TPSA) is 34.0 Å². The van der Waals surface area contributed by atoms with Crippen molar-refractivity contribution < 1.29 is 9.18 Å². The number of benzene rings is 2. The zero-order valence-corrected chi connectivity index (χ0v) is 16.0. The first-order valence-corrected chi connectivity index (χ1v) is 9.66. The molecule has 2 heterocycles. The number of rotatable bonds is 4. The van der Waals surface area contributed by atoms with Gasteiger partial charge in [-0.3, -0.25) is 4.79 Å². The van der Waals surface area contributed by atoms with Gasteiger partial charge >= 0.3 is 0 Å². The van der Waals surface area contributed by atoms with E-state index in [1.165, 1.54) is 12.1 Å². The zero-order chi connectivity index (χ0) is 18.1. The second kappa shape index (κ2) is 7.05. The van der Waals surface area contributed by atoms with Crippen LogP contribution in [0.2, 0.25) is 0 Å². The molecule has 130 valence electrons. The van der Waals surface area contributed by atoms with Crippen molar-refractivity contribution in [1.82, 2.24) is 4.57 Å². The van der Waals surface area contributed by atoms with E-state index in [0.717, 1.165) is 20.3 Å². The Kier molecular flexibility index (Phi) is 4.61. The van der Waals surface area contributed by atoms with E-state index in [1.54, 1.807) is 17.4 Å². The van der Waals surface area contributed by atoms with Gasteiger partial charge in [0, 0.05) is 11.0 Å². The number of aromatic nitrogens is 1. The standard InChI is InChI=1S/C20H14BrFN2OS/c21-15-6-1-2-7-16(15)23-20(25)18-11-19-17(8-9-26-19)24(18)12-13-4-3-5-14(22)10-13/h1-11H,12H2,(H,23,25). The van der Waals surface area contributed by atoms with E-state index in [-0.39, 0.29) is 11.7 Å².